The van der Waals surface area contributed by atoms with Gasteiger partial charge in [-0.1, -0.05) is 24.3 Å². The molecule has 0 N–H and O–H groups in total. The van der Waals surface area contributed by atoms with Crippen LogP contribution in [0.5, 0.6) is 0 Å². The van der Waals surface area contributed by atoms with Gasteiger partial charge < -0.3 is 4.90 Å². The van der Waals surface area contributed by atoms with Crippen LogP contribution < -0.4 is 0 Å². The molecule has 0 unspecified atom stereocenters. The molecule has 2 fully saturated rings. The number of nitrogens with zero attached hydrogens (tertiary/aromatic N) is 1. The molecular weight excluding hydrogens is 308 g/mol. The van der Waals surface area contributed by atoms with E-state index in [0.717, 1.165) is 31.2 Å². The molecule has 2 aromatic rings. The number of hydrogen-bond donors (Lipinski definition) is 0. The Hall–Kier alpha value is -2.23. The summed E-state index contributed by atoms with van der Waals surface area (Å²) in [6, 6.07) is 13.1. The highest BCUT2D eigenvalue weighted by molar-refractivity contribution is 5.95. The number of carbonyl (C=O) groups excluding carboxylic acids is 1. The molecule has 0 aliphatic carbocycles. The van der Waals surface area contributed by atoms with Crippen molar-refractivity contribution in [3.63, 3.8) is 0 Å². The smallest absolute Gasteiger partial charge is 0.257 e. The lowest BCUT2D eigenvalue weighted by molar-refractivity contribution is 0.0567. The summed E-state index contributed by atoms with van der Waals surface area (Å²) in [5.41, 5.74) is 1.29. The van der Waals surface area contributed by atoms with Crippen LogP contribution in [-0.4, -0.2) is 22.9 Å². The lowest BCUT2D eigenvalue weighted by Crippen LogP contribution is -2.46. The van der Waals surface area contributed by atoms with Gasteiger partial charge in [-0.25, -0.2) is 8.78 Å². The minimum Gasteiger partial charge on any atom is -0.333 e. The molecule has 2 saturated heterocycles. The minimum absolute atomic E-state index is 0.144. The first-order valence-corrected chi connectivity index (χ1v) is 8.46. The third-order valence-electron chi connectivity index (χ3n) is 5.41. The zero-order chi connectivity index (χ0) is 16.7. The molecule has 2 heterocycles. The van der Waals surface area contributed by atoms with Crippen molar-refractivity contribution in [2.24, 2.45) is 0 Å². The summed E-state index contributed by atoms with van der Waals surface area (Å²) >= 11 is 0. The Bertz CT molecular complexity index is 744. The maximum absolute atomic E-state index is 14.0. The summed E-state index contributed by atoms with van der Waals surface area (Å²) in [5.74, 6) is -0.539. The van der Waals surface area contributed by atoms with Crippen molar-refractivity contribution in [3.8, 4) is 0 Å². The van der Waals surface area contributed by atoms with Crippen LogP contribution in [0.3, 0.4) is 0 Å². The Kier molecular flexibility index (Phi) is 3.83. The van der Waals surface area contributed by atoms with E-state index in [-0.39, 0.29) is 29.4 Å². The van der Waals surface area contributed by atoms with Crippen LogP contribution in [0.15, 0.2) is 48.5 Å². The molecule has 0 aromatic heterocycles. The van der Waals surface area contributed by atoms with E-state index >= 15 is 0 Å². The first-order valence-electron chi connectivity index (χ1n) is 8.46. The number of benzene rings is 2. The summed E-state index contributed by atoms with van der Waals surface area (Å²) in [7, 11) is 0. The minimum atomic E-state index is -0.456. The van der Waals surface area contributed by atoms with Gasteiger partial charge in [0.1, 0.15) is 11.6 Å². The van der Waals surface area contributed by atoms with E-state index in [1.54, 1.807) is 18.2 Å². The lowest BCUT2D eigenvalue weighted by atomic mass is 9.85. The van der Waals surface area contributed by atoms with Gasteiger partial charge in [-0.2, -0.15) is 0 Å². The SMILES string of the molecule is O=C(c1ccccc1F)N1[C@@H]2CC[C@@H]1CC(c1ccc(F)cc1)C2. The van der Waals surface area contributed by atoms with Crippen LogP contribution in [0.1, 0.15) is 47.5 Å². The van der Waals surface area contributed by atoms with E-state index in [4.69, 9.17) is 0 Å². The first-order chi connectivity index (χ1) is 11.6. The van der Waals surface area contributed by atoms with Gasteiger partial charge in [0.25, 0.3) is 5.91 Å². The number of amides is 1. The molecule has 2 aliphatic rings. The van der Waals surface area contributed by atoms with Gasteiger partial charge >= 0.3 is 0 Å². The maximum atomic E-state index is 14.0. The predicted molar refractivity (Wildman–Crippen MR) is 87.8 cm³/mol. The Morgan fingerprint density at radius 1 is 0.917 bits per heavy atom. The topological polar surface area (TPSA) is 20.3 Å². The van der Waals surface area contributed by atoms with Gasteiger partial charge in [0.05, 0.1) is 5.56 Å². The average Bonchev–Trinajstić information content (AvgIpc) is 2.85. The summed E-state index contributed by atoms with van der Waals surface area (Å²) in [6.07, 6.45) is 3.65. The Balaban J connectivity index is 1.56. The van der Waals surface area contributed by atoms with Crippen LogP contribution in [0.2, 0.25) is 0 Å². The molecular formula is C20H19F2NO. The summed E-state index contributed by atoms with van der Waals surface area (Å²) < 4.78 is 27.1. The number of halogens is 2. The Labute approximate surface area is 140 Å². The number of carbonyl (C=O) groups is 1. The molecule has 1 amide bonds. The zero-order valence-electron chi connectivity index (χ0n) is 13.3. The largest absolute Gasteiger partial charge is 0.333 e. The van der Waals surface area contributed by atoms with Crippen LogP contribution in [-0.2, 0) is 0 Å². The van der Waals surface area contributed by atoms with Crippen molar-refractivity contribution in [1.29, 1.82) is 0 Å². The highest BCUT2D eigenvalue weighted by Gasteiger charge is 2.44. The fourth-order valence-corrected chi connectivity index (χ4v) is 4.29. The van der Waals surface area contributed by atoms with E-state index in [0.29, 0.717) is 5.92 Å². The molecule has 24 heavy (non-hydrogen) atoms. The van der Waals surface area contributed by atoms with Gasteiger partial charge in [-0.05, 0) is 61.4 Å². The van der Waals surface area contributed by atoms with E-state index < -0.39 is 5.82 Å². The normalized spacial score (nSPS) is 25.8. The molecule has 0 spiro atoms. The molecule has 2 bridgehead atoms. The van der Waals surface area contributed by atoms with Gasteiger partial charge in [0.2, 0.25) is 0 Å². The Morgan fingerprint density at radius 3 is 2.17 bits per heavy atom. The molecule has 4 rings (SSSR count). The molecule has 2 atom stereocenters. The Morgan fingerprint density at radius 2 is 1.54 bits per heavy atom. The van der Waals surface area contributed by atoms with Crippen molar-refractivity contribution in [2.75, 3.05) is 0 Å². The molecule has 0 radical (unpaired) electrons. The van der Waals surface area contributed by atoms with Crippen LogP contribution in [0.4, 0.5) is 8.78 Å². The summed E-state index contributed by atoms with van der Waals surface area (Å²) in [5, 5.41) is 0. The monoisotopic (exact) mass is 327 g/mol. The fraction of sp³-hybridized carbons (Fsp3) is 0.350. The second-order valence-corrected chi connectivity index (χ2v) is 6.80. The molecule has 2 nitrogen and oxygen atoms in total. The predicted octanol–water partition coefficient (Wildman–Crippen LogP) is 4.52. The van der Waals surface area contributed by atoms with E-state index in [1.165, 1.54) is 18.2 Å². The van der Waals surface area contributed by atoms with Crippen LogP contribution in [0.25, 0.3) is 0 Å². The average molecular weight is 327 g/mol. The van der Waals surface area contributed by atoms with Gasteiger partial charge in [-0.15, -0.1) is 0 Å². The molecule has 2 aliphatic heterocycles. The molecule has 2 aromatic carbocycles. The third-order valence-corrected chi connectivity index (χ3v) is 5.41. The zero-order valence-corrected chi connectivity index (χ0v) is 13.3. The van der Waals surface area contributed by atoms with Crippen molar-refractivity contribution in [2.45, 2.75) is 43.7 Å². The third kappa shape index (κ3) is 2.60. The number of fused-ring (bicyclic) bond motifs is 2. The van der Waals surface area contributed by atoms with Crippen molar-refractivity contribution in [3.05, 3.63) is 71.3 Å². The second-order valence-electron chi connectivity index (χ2n) is 6.80. The van der Waals surface area contributed by atoms with Crippen LogP contribution in [0, 0.1) is 11.6 Å². The standard InChI is InChI=1S/C20H19F2NO/c21-15-7-5-13(6-8-15)14-11-16-9-10-17(12-14)23(16)20(24)18-3-1-2-4-19(18)22/h1-8,14,16-17H,9-12H2/t16-,17-/m1/s1. The number of piperidine rings is 1. The van der Waals surface area contributed by atoms with Gasteiger partial charge in [0, 0.05) is 12.1 Å². The first kappa shape index (κ1) is 15.3. The fourth-order valence-electron chi connectivity index (χ4n) is 4.29. The molecule has 124 valence electrons. The van der Waals surface area contributed by atoms with Gasteiger partial charge in [-0.3, -0.25) is 4.79 Å². The summed E-state index contributed by atoms with van der Waals surface area (Å²) in [6.45, 7) is 0. The summed E-state index contributed by atoms with van der Waals surface area (Å²) in [4.78, 5) is 14.7. The molecule has 4 heteroatoms. The maximum Gasteiger partial charge on any atom is 0.257 e. The van der Waals surface area contributed by atoms with Crippen molar-refractivity contribution < 1.29 is 13.6 Å². The van der Waals surface area contributed by atoms with Gasteiger partial charge in [0.15, 0.2) is 0 Å². The second kappa shape index (κ2) is 6.00. The number of hydrogen-bond acceptors (Lipinski definition) is 1. The van der Waals surface area contributed by atoms with Crippen LogP contribution >= 0.6 is 0 Å². The van der Waals surface area contributed by atoms with Crippen molar-refractivity contribution >= 4 is 5.91 Å². The highest BCUT2D eigenvalue weighted by atomic mass is 19.1. The highest BCUT2D eigenvalue weighted by Crippen LogP contribution is 2.43. The quantitative estimate of drug-likeness (QED) is 0.794. The van der Waals surface area contributed by atoms with E-state index in [2.05, 4.69) is 0 Å². The molecule has 0 saturated carbocycles. The van der Waals surface area contributed by atoms with E-state index in [1.807, 2.05) is 17.0 Å². The lowest BCUT2D eigenvalue weighted by Gasteiger charge is -2.39. The van der Waals surface area contributed by atoms with E-state index in [9.17, 15) is 13.6 Å². The number of rotatable bonds is 2. The van der Waals surface area contributed by atoms with Crippen molar-refractivity contribution in [1.82, 2.24) is 4.90 Å².